The van der Waals surface area contributed by atoms with E-state index in [9.17, 15) is 23.6 Å². The minimum atomic E-state index is -0.853. The number of anilines is 1. The molecule has 0 spiro atoms. The smallest absolute Gasteiger partial charge is 0.339 e. The van der Waals surface area contributed by atoms with E-state index in [1.54, 1.807) is 38.5 Å². The largest absolute Gasteiger partial charge is 0.459 e. The third-order valence-corrected chi connectivity index (χ3v) is 8.72. The zero-order valence-corrected chi connectivity index (χ0v) is 26.2. The number of likely N-dealkylation sites (N-methyl/N-ethyl adjacent to an activating group) is 1. The fourth-order valence-corrected chi connectivity index (χ4v) is 5.93. The number of amides is 3. The van der Waals surface area contributed by atoms with Crippen LogP contribution in [0.25, 0.3) is 11.1 Å². The lowest BCUT2D eigenvalue weighted by Crippen LogP contribution is -2.45. The molecule has 6 rings (SSSR count). The van der Waals surface area contributed by atoms with E-state index in [2.05, 4.69) is 15.3 Å². The summed E-state index contributed by atoms with van der Waals surface area (Å²) >= 11 is 0. The molecule has 2 aliphatic rings. The zero-order chi connectivity index (χ0) is 33.9. The second-order valence-electron chi connectivity index (χ2n) is 11.9. The van der Waals surface area contributed by atoms with Crippen molar-refractivity contribution in [2.45, 2.75) is 38.5 Å². The van der Waals surface area contributed by atoms with Crippen LogP contribution in [0.5, 0.6) is 0 Å². The van der Waals surface area contributed by atoms with Crippen LogP contribution in [0.2, 0.25) is 0 Å². The number of aromatic nitrogens is 2. The SMILES string of the molecule is C[C@@H]1C(=O)N(C)c2cc(-c3ccncc3)ccc2C(=O)N1Cc1cc(F)cc(C(=O)NCC2CC(OC(=O)c3ccc(C#N)nc3)C2)c1. The van der Waals surface area contributed by atoms with Gasteiger partial charge >= 0.3 is 5.97 Å². The molecule has 3 amide bonds. The first-order valence-corrected chi connectivity index (χ1v) is 15.4. The first kappa shape index (κ1) is 32.0. The summed E-state index contributed by atoms with van der Waals surface area (Å²) in [5, 5.41) is 11.7. The summed E-state index contributed by atoms with van der Waals surface area (Å²) in [6.07, 6.45) is 5.42. The minimum Gasteiger partial charge on any atom is -0.459 e. The van der Waals surface area contributed by atoms with Gasteiger partial charge in [-0.3, -0.25) is 19.4 Å². The number of esters is 1. The Morgan fingerprint density at radius 2 is 1.79 bits per heavy atom. The summed E-state index contributed by atoms with van der Waals surface area (Å²) in [7, 11) is 1.62. The molecule has 4 aromatic rings. The molecule has 12 heteroatoms. The first-order valence-electron chi connectivity index (χ1n) is 15.4. The number of carbonyl (C=O) groups is 4. The molecule has 11 nitrogen and oxygen atoms in total. The van der Waals surface area contributed by atoms with Crippen LogP contribution in [0.3, 0.4) is 0 Å². The molecular formula is C36H31FN6O5. The van der Waals surface area contributed by atoms with Gasteiger partial charge in [0.1, 0.15) is 29.7 Å². The van der Waals surface area contributed by atoms with Crippen LogP contribution in [0.1, 0.15) is 62.1 Å². The number of hydrogen-bond acceptors (Lipinski definition) is 8. The molecule has 0 saturated heterocycles. The Balaban J connectivity index is 1.09. The summed E-state index contributed by atoms with van der Waals surface area (Å²) in [5.41, 5.74) is 3.41. The van der Waals surface area contributed by atoms with E-state index in [-0.39, 0.29) is 47.2 Å². The van der Waals surface area contributed by atoms with Crippen molar-refractivity contribution >= 4 is 29.4 Å². The molecule has 3 heterocycles. The minimum absolute atomic E-state index is 0.0663. The lowest BCUT2D eigenvalue weighted by Gasteiger charge is -2.34. The predicted molar refractivity (Wildman–Crippen MR) is 172 cm³/mol. The Morgan fingerprint density at radius 3 is 2.50 bits per heavy atom. The van der Waals surface area contributed by atoms with Crippen molar-refractivity contribution in [2.24, 2.45) is 5.92 Å². The normalized spacial score (nSPS) is 18.7. The molecule has 1 saturated carbocycles. The molecule has 1 fully saturated rings. The number of rotatable bonds is 8. The number of benzene rings is 2. The monoisotopic (exact) mass is 646 g/mol. The van der Waals surface area contributed by atoms with Crippen molar-refractivity contribution in [3.05, 3.63) is 113 Å². The molecule has 1 aliphatic carbocycles. The maximum absolute atomic E-state index is 14.8. The van der Waals surface area contributed by atoms with Gasteiger partial charge in [-0.15, -0.1) is 0 Å². The average molecular weight is 647 g/mol. The van der Waals surface area contributed by atoms with E-state index in [4.69, 9.17) is 10.00 Å². The van der Waals surface area contributed by atoms with Crippen molar-refractivity contribution in [3.63, 3.8) is 0 Å². The number of fused-ring (bicyclic) bond motifs is 1. The van der Waals surface area contributed by atoms with Crippen LogP contribution >= 0.6 is 0 Å². The van der Waals surface area contributed by atoms with E-state index in [1.807, 2.05) is 24.3 Å². The van der Waals surface area contributed by atoms with Gasteiger partial charge in [0.05, 0.1) is 16.8 Å². The Morgan fingerprint density at radius 1 is 1.02 bits per heavy atom. The second-order valence-corrected chi connectivity index (χ2v) is 11.9. The standard InChI is InChI=1S/C36H31FN6O5/c1-21-34(45)42(2)32-16-25(24-7-9-39-10-8-24)4-6-31(32)35(46)43(21)20-23-11-27(15-28(37)12-23)33(44)41-18-22-13-30(14-22)48-36(47)26-3-5-29(17-38)40-19-26/h3-12,15-16,19,21-22,30H,13-14,18,20H2,1-2H3,(H,41,44)/t21-,22?,30?/m1/s1. The van der Waals surface area contributed by atoms with Gasteiger partial charge in [-0.05, 0) is 97.0 Å². The Hall–Kier alpha value is -5.96. The highest BCUT2D eigenvalue weighted by Gasteiger charge is 2.36. The lowest BCUT2D eigenvalue weighted by molar-refractivity contribution is -0.122. The van der Waals surface area contributed by atoms with Gasteiger partial charge in [-0.25, -0.2) is 14.2 Å². The first-order chi connectivity index (χ1) is 23.1. The van der Waals surface area contributed by atoms with Crippen LogP contribution in [0.15, 0.2) is 79.3 Å². The van der Waals surface area contributed by atoms with Gasteiger partial charge in [0.2, 0.25) is 5.91 Å². The van der Waals surface area contributed by atoms with E-state index in [0.29, 0.717) is 36.2 Å². The highest BCUT2D eigenvalue weighted by molar-refractivity contribution is 6.11. The van der Waals surface area contributed by atoms with Gasteiger partial charge in [-0.2, -0.15) is 5.26 Å². The van der Waals surface area contributed by atoms with E-state index in [1.165, 1.54) is 40.3 Å². The molecule has 48 heavy (non-hydrogen) atoms. The van der Waals surface area contributed by atoms with Gasteiger partial charge in [0.25, 0.3) is 11.8 Å². The number of pyridine rings is 2. The Kier molecular flexibility index (Phi) is 8.94. The van der Waals surface area contributed by atoms with E-state index >= 15 is 0 Å². The molecular weight excluding hydrogens is 615 g/mol. The second kappa shape index (κ2) is 13.4. The van der Waals surface area contributed by atoms with Gasteiger partial charge in [0, 0.05) is 44.3 Å². The molecule has 0 bridgehead atoms. The summed E-state index contributed by atoms with van der Waals surface area (Å²) in [6.45, 7) is 1.84. The molecule has 0 unspecified atom stereocenters. The quantitative estimate of drug-likeness (QED) is 0.275. The zero-order valence-electron chi connectivity index (χ0n) is 26.2. The third kappa shape index (κ3) is 6.62. The Labute approximate surface area is 276 Å². The molecule has 2 aromatic carbocycles. The highest BCUT2D eigenvalue weighted by Crippen LogP contribution is 2.33. The van der Waals surface area contributed by atoms with Crippen LogP contribution in [0, 0.1) is 23.1 Å². The van der Waals surface area contributed by atoms with Crippen molar-refractivity contribution < 1.29 is 28.3 Å². The maximum atomic E-state index is 14.8. The summed E-state index contributed by atoms with van der Waals surface area (Å²) < 4.78 is 20.3. The van der Waals surface area contributed by atoms with E-state index in [0.717, 1.165) is 17.2 Å². The summed E-state index contributed by atoms with van der Waals surface area (Å²) in [6, 6.07) is 16.8. The fraction of sp³-hybridized carbons (Fsp3) is 0.250. The predicted octanol–water partition coefficient (Wildman–Crippen LogP) is 4.53. The van der Waals surface area contributed by atoms with Crippen molar-refractivity contribution in [3.8, 4) is 17.2 Å². The molecule has 0 radical (unpaired) electrons. The topological polar surface area (TPSA) is 146 Å². The summed E-state index contributed by atoms with van der Waals surface area (Å²) in [4.78, 5) is 63.4. The number of carbonyl (C=O) groups excluding carboxylic acids is 4. The van der Waals surface area contributed by atoms with Gasteiger partial charge < -0.3 is 19.9 Å². The van der Waals surface area contributed by atoms with E-state index < -0.39 is 23.7 Å². The third-order valence-electron chi connectivity index (χ3n) is 8.72. The number of nitrogens with zero attached hydrogens (tertiary/aromatic N) is 5. The number of hydrogen-bond donors (Lipinski definition) is 1. The van der Waals surface area contributed by atoms with Crippen LogP contribution in [0.4, 0.5) is 10.1 Å². The number of halogens is 1. The molecule has 2 aromatic heterocycles. The molecule has 1 aliphatic heterocycles. The van der Waals surface area contributed by atoms with Crippen molar-refractivity contribution in [2.75, 3.05) is 18.5 Å². The van der Waals surface area contributed by atoms with Crippen LogP contribution in [-0.2, 0) is 16.1 Å². The highest BCUT2D eigenvalue weighted by atomic mass is 19.1. The number of nitrogens with one attached hydrogen (secondary N) is 1. The van der Waals surface area contributed by atoms with Gasteiger partial charge in [0.15, 0.2) is 0 Å². The lowest BCUT2D eigenvalue weighted by atomic mass is 9.82. The number of nitriles is 1. The maximum Gasteiger partial charge on any atom is 0.339 e. The molecule has 1 N–H and O–H groups in total. The van der Waals surface area contributed by atoms with Crippen molar-refractivity contribution in [1.82, 2.24) is 20.2 Å². The Bertz CT molecular complexity index is 1940. The number of ether oxygens (including phenoxy) is 1. The molecule has 242 valence electrons. The molecule has 1 atom stereocenters. The van der Waals surface area contributed by atoms with Crippen LogP contribution in [-0.4, -0.2) is 64.3 Å². The fourth-order valence-electron chi connectivity index (χ4n) is 5.93. The van der Waals surface area contributed by atoms with Crippen LogP contribution < -0.4 is 10.2 Å². The average Bonchev–Trinajstić information content (AvgIpc) is 3.15. The van der Waals surface area contributed by atoms with Crippen molar-refractivity contribution in [1.29, 1.82) is 5.26 Å². The van der Waals surface area contributed by atoms with Gasteiger partial charge in [-0.1, -0.05) is 6.07 Å². The summed E-state index contributed by atoms with van der Waals surface area (Å²) in [5.74, 6) is -2.29.